The number of hydrogen-bond donors (Lipinski definition) is 1. The fraction of sp³-hybridized carbons (Fsp3) is 0.636. The first kappa shape index (κ1) is 10.9. The van der Waals surface area contributed by atoms with E-state index in [0.717, 1.165) is 6.54 Å². The van der Waals surface area contributed by atoms with Crippen molar-refractivity contribution in [3.63, 3.8) is 0 Å². The SMILES string of the molecule is CNCCCCSC1=CCCC=C1. The molecule has 0 atom stereocenters. The second-order valence-electron chi connectivity index (χ2n) is 3.25. The zero-order valence-electron chi connectivity index (χ0n) is 8.38. The van der Waals surface area contributed by atoms with Gasteiger partial charge in [0.05, 0.1) is 0 Å². The molecule has 13 heavy (non-hydrogen) atoms. The van der Waals surface area contributed by atoms with E-state index >= 15 is 0 Å². The van der Waals surface area contributed by atoms with E-state index < -0.39 is 0 Å². The molecule has 0 radical (unpaired) electrons. The van der Waals surface area contributed by atoms with Gasteiger partial charge in [-0.2, -0.15) is 0 Å². The summed E-state index contributed by atoms with van der Waals surface area (Å²) in [6.45, 7) is 1.15. The highest BCUT2D eigenvalue weighted by molar-refractivity contribution is 8.03. The number of unbranched alkanes of at least 4 members (excludes halogenated alkanes) is 1. The summed E-state index contributed by atoms with van der Waals surface area (Å²) < 4.78 is 0. The van der Waals surface area contributed by atoms with Crippen molar-refractivity contribution >= 4 is 11.8 Å². The lowest BCUT2D eigenvalue weighted by Gasteiger charge is -2.05. The summed E-state index contributed by atoms with van der Waals surface area (Å²) in [5, 5.41) is 3.17. The molecule has 1 aliphatic rings. The molecular formula is C11H19NS. The first-order chi connectivity index (χ1) is 6.43. The molecule has 0 spiro atoms. The van der Waals surface area contributed by atoms with E-state index in [0.29, 0.717) is 0 Å². The van der Waals surface area contributed by atoms with Crippen molar-refractivity contribution < 1.29 is 0 Å². The Kier molecular flexibility index (Phi) is 6.03. The van der Waals surface area contributed by atoms with E-state index in [4.69, 9.17) is 0 Å². The largest absolute Gasteiger partial charge is 0.320 e. The van der Waals surface area contributed by atoms with Crippen LogP contribution >= 0.6 is 11.8 Å². The molecule has 0 fully saturated rings. The van der Waals surface area contributed by atoms with Crippen LogP contribution in [0.25, 0.3) is 0 Å². The fourth-order valence-electron chi connectivity index (χ4n) is 1.29. The summed E-state index contributed by atoms with van der Waals surface area (Å²) in [6.07, 6.45) is 11.9. The molecule has 0 saturated carbocycles. The van der Waals surface area contributed by atoms with E-state index in [1.165, 1.54) is 36.3 Å². The van der Waals surface area contributed by atoms with Gasteiger partial charge in [0, 0.05) is 4.91 Å². The maximum absolute atomic E-state index is 3.17. The Morgan fingerprint density at radius 1 is 1.38 bits per heavy atom. The van der Waals surface area contributed by atoms with Gasteiger partial charge < -0.3 is 5.32 Å². The second kappa shape index (κ2) is 7.22. The monoisotopic (exact) mass is 197 g/mol. The van der Waals surface area contributed by atoms with Crippen molar-refractivity contribution in [2.24, 2.45) is 0 Å². The predicted octanol–water partition coefficient (Wildman–Crippen LogP) is 2.95. The molecule has 0 bridgehead atoms. The van der Waals surface area contributed by atoms with Crippen LogP contribution in [-0.4, -0.2) is 19.3 Å². The van der Waals surface area contributed by atoms with Crippen LogP contribution in [0.1, 0.15) is 25.7 Å². The first-order valence-electron chi connectivity index (χ1n) is 5.07. The lowest BCUT2D eigenvalue weighted by Crippen LogP contribution is -2.07. The molecule has 0 aromatic heterocycles. The van der Waals surface area contributed by atoms with Crippen molar-refractivity contribution in [3.8, 4) is 0 Å². The Labute approximate surface area is 85.7 Å². The molecule has 0 unspecified atom stereocenters. The Hall–Kier alpha value is -0.210. The fourth-order valence-corrected chi connectivity index (χ4v) is 2.30. The molecule has 0 heterocycles. The summed E-state index contributed by atoms with van der Waals surface area (Å²) in [4.78, 5) is 1.47. The van der Waals surface area contributed by atoms with Gasteiger partial charge in [-0.25, -0.2) is 0 Å². The quantitative estimate of drug-likeness (QED) is 0.657. The van der Waals surface area contributed by atoms with Gasteiger partial charge in [-0.05, 0) is 45.0 Å². The normalized spacial score (nSPS) is 15.9. The van der Waals surface area contributed by atoms with E-state index in [2.05, 4.69) is 23.5 Å². The highest BCUT2D eigenvalue weighted by atomic mass is 32.2. The summed E-state index contributed by atoms with van der Waals surface area (Å²) in [5.41, 5.74) is 0. The molecule has 0 saturated heterocycles. The van der Waals surface area contributed by atoms with Gasteiger partial charge in [0.25, 0.3) is 0 Å². The standard InChI is InChI=1S/C11H19NS/c1-12-9-5-6-10-13-11-7-3-2-4-8-11/h3,7-8,12H,2,4-6,9-10H2,1H3. The highest BCUT2D eigenvalue weighted by Gasteiger charge is 1.97. The van der Waals surface area contributed by atoms with Crippen molar-refractivity contribution in [1.29, 1.82) is 0 Å². The van der Waals surface area contributed by atoms with Crippen LogP contribution in [0, 0.1) is 0 Å². The molecule has 1 aliphatic carbocycles. The predicted molar refractivity (Wildman–Crippen MR) is 62.1 cm³/mol. The van der Waals surface area contributed by atoms with Crippen LogP contribution in [0.15, 0.2) is 23.1 Å². The molecular weight excluding hydrogens is 178 g/mol. The minimum Gasteiger partial charge on any atom is -0.320 e. The van der Waals surface area contributed by atoms with Crippen LogP contribution in [0.2, 0.25) is 0 Å². The lowest BCUT2D eigenvalue weighted by atomic mass is 10.2. The van der Waals surface area contributed by atoms with Crippen LogP contribution in [0.3, 0.4) is 0 Å². The third-order valence-corrected chi connectivity index (χ3v) is 3.18. The maximum Gasteiger partial charge on any atom is 0.00289 e. The number of nitrogens with one attached hydrogen (secondary N) is 1. The van der Waals surface area contributed by atoms with Crippen molar-refractivity contribution in [2.75, 3.05) is 19.3 Å². The van der Waals surface area contributed by atoms with Crippen LogP contribution in [0.4, 0.5) is 0 Å². The summed E-state index contributed by atoms with van der Waals surface area (Å²) in [6, 6.07) is 0. The highest BCUT2D eigenvalue weighted by Crippen LogP contribution is 2.22. The minimum absolute atomic E-state index is 1.15. The Balaban J connectivity index is 1.99. The molecule has 2 heteroatoms. The van der Waals surface area contributed by atoms with Crippen LogP contribution < -0.4 is 5.32 Å². The summed E-state index contributed by atoms with van der Waals surface area (Å²) in [5.74, 6) is 1.26. The van der Waals surface area contributed by atoms with Gasteiger partial charge in [-0.3, -0.25) is 0 Å². The van der Waals surface area contributed by atoms with Crippen LogP contribution in [0.5, 0.6) is 0 Å². The first-order valence-corrected chi connectivity index (χ1v) is 6.06. The van der Waals surface area contributed by atoms with E-state index in [1.807, 2.05) is 18.8 Å². The zero-order chi connectivity index (χ0) is 9.36. The molecule has 0 aromatic carbocycles. The molecule has 1 nitrogen and oxygen atoms in total. The van der Waals surface area contributed by atoms with Gasteiger partial charge in [0.1, 0.15) is 0 Å². The average molecular weight is 197 g/mol. The van der Waals surface area contributed by atoms with E-state index in [-0.39, 0.29) is 0 Å². The summed E-state index contributed by atoms with van der Waals surface area (Å²) >= 11 is 1.99. The molecule has 0 aromatic rings. The Bertz CT molecular complexity index is 185. The number of rotatable bonds is 6. The second-order valence-corrected chi connectivity index (χ2v) is 4.41. The van der Waals surface area contributed by atoms with Crippen molar-refractivity contribution in [3.05, 3.63) is 23.1 Å². The Morgan fingerprint density at radius 2 is 2.31 bits per heavy atom. The number of thioether (sulfide) groups is 1. The average Bonchev–Trinajstić information content (AvgIpc) is 2.19. The zero-order valence-corrected chi connectivity index (χ0v) is 9.20. The third-order valence-electron chi connectivity index (χ3n) is 2.05. The topological polar surface area (TPSA) is 12.0 Å². The van der Waals surface area contributed by atoms with Gasteiger partial charge in [-0.1, -0.05) is 18.2 Å². The van der Waals surface area contributed by atoms with Crippen LogP contribution in [-0.2, 0) is 0 Å². The smallest absolute Gasteiger partial charge is 0.00289 e. The number of allylic oxidation sites excluding steroid dienone is 3. The van der Waals surface area contributed by atoms with Gasteiger partial charge in [-0.15, -0.1) is 11.8 Å². The van der Waals surface area contributed by atoms with Crippen molar-refractivity contribution in [2.45, 2.75) is 25.7 Å². The molecule has 1 rings (SSSR count). The lowest BCUT2D eigenvalue weighted by molar-refractivity contribution is 0.715. The van der Waals surface area contributed by atoms with Gasteiger partial charge >= 0.3 is 0 Å². The van der Waals surface area contributed by atoms with E-state index in [1.54, 1.807) is 0 Å². The minimum atomic E-state index is 1.15. The maximum atomic E-state index is 3.17. The molecule has 0 amide bonds. The Morgan fingerprint density at radius 3 is 3.00 bits per heavy atom. The molecule has 0 aliphatic heterocycles. The third kappa shape index (κ3) is 5.17. The van der Waals surface area contributed by atoms with Gasteiger partial charge in [0.2, 0.25) is 0 Å². The molecule has 1 N–H and O–H groups in total. The van der Waals surface area contributed by atoms with Crippen molar-refractivity contribution in [1.82, 2.24) is 5.32 Å². The summed E-state index contributed by atoms with van der Waals surface area (Å²) in [7, 11) is 2.01. The molecule has 74 valence electrons. The number of hydrogen-bond acceptors (Lipinski definition) is 2. The van der Waals surface area contributed by atoms with E-state index in [9.17, 15) is 0 Å². The van der Waals surface area contributed by atoms with Gasteiger partial charge in [0.15, 0.2) is 0 Å².